The number of amides is 2. The zero-order chi connectivity index (χ0) is 14.6. The average Bonchev–Trinajstić information content (AvgIpc) is 2.80. The van der Waals surface area contributed by atoms with E-state index in [1.807, 2.05) is 4.90 Å². The van der Waals surface area contributed by atoms with Gasteiger partial charge in [0.2, 0.25) is 5.91 Å². The fourth-order valence-corrected chi connectivity index (χ4v) is 2.37. The van der Waals surface area contributed by atoms with Gasteiger partial charge < -0.3 is 10.2 Å². The number of carbonyl (C=O) groups excluding carboxylic acids is 2. The highest BCUT2D eigenvalue weighted by Gasteiger charge is 2.31. The van der Waals surface area contributed by atoms with E-state index in [-0.39, 0.29) is 17.2 Å². The van der Waals surface area contributed by atoms with Gasteiger partial charge in [-0.2, -0.15) is 0 Å². The Bertz CT molecular complexity index is 485. The van der Waals surface area contributed by atoms with Gasteiger partial charge >= 0.3 is 0 Å². The second-order valence-electron chi connectivity index (χ2n) is 5.97. The Morgan fingerprint density at radius 2 is 2.05 bits per heavy atom. The van der Waals surface area contributed by atoms with Crippen LogP contribution >= 0.6 is 0 Å². The van der Waals surface area contributed by atoms with E-state index in [1.54, 1.807) is 24.5 Å². The molecule has 2 amide bonds. The van der Waals surface area contributed by atoms with Crippen LogP contribution in [0, 0.1) is 5.41 Å². The first-order valence-corrected chi connectivity index (χ1v) is 6.94. The molecular formula is C15H21N3O2. The third-order valence-corrected chi connectivity index (χ3v) is 3.60. The van der Waals surface area contributed by atoms with Crippen LogP contribution in [0.2, 0.25) is 0 Å². The molecule has 1 aromatic rings. The molecule has 0 spiro atoms. The Balaban J connectivity index is 1.74. The number of nitrogens with zero attached hydrogens (tertiary/aromatic N) is 2. The summed E-state index contributed by atoms with van der Waals surface area (Å²) < 4.78 is 0. The van der Waals surface area contributed by atoms with Gasteiger partial charge in [0.05, 0.1) is 0 Å². The van der Waals surface area contributed by atoms with Crippen molar-refractivity contribution in [2.45, 2.75) is 26.7 Å². The molecule has 5 nitrogen and oxygen atoms in total. The first kappa shape index (κ1) is 14.5. The molecule has 0 saturated carbocycles. The Morgan fingerprint density at radius 3 is 2.65 bits per heavy atom. The summed E-state index contributed by atoms with van der Waals surface area (Å²) >= 11 is 0. The lowest BCUT2D eigenvalue weighted by Gasteiger charge is -2.19. The van der Waals surface area contributed by atoms with Gasteiger partial charge in [-0.15, -0.1) is 0 Å². The molecule has 2 rings (SSSR count). The third kappa shape index (κ3) is 3.79. The molecule has 1 aromatic heterocycles. The van der Waals surface area contributed by atoms with Gasteiger partial charge in [-0.25, -0.2) is 0 Å². The SMILES string of the molecule is CC1(C)CCN(C(=O)CCNC(=O)c2ccncc2)C1. The number of hydrogen-bond acceptors (Lipinski definition) is 3. The van der Waals surface area contributed by atoms with Gasteiger partial charge in [-0.1, -0.05) is 13.8 Å². The topological polar surface area (TPSA) is 62.3 Å². The van der Waals surface area contributed by atoms with Crippen molar-refractivity contribution < 1.29 is 9.59 Å². The third-order valence-electron chi connectivity index (χ3n) is 3.60. The van der Waals surface area contributed by atoms with E-state index in [4.69, 9.17) is 0 Å². The quantitative estimate of drug-likeness (QED) is 0.905. The zero-order valence-corrected chi connectivity index (χ0v) is 12.1. The number of rotatable bonds is 4. The molecule has 108 valence electrons. The summed E-state index contributed by atoms with van der Waals surface area (Å²) in [6.07, 6.45) is 4.55. The van der Waals surface area contributed by atoms with Gasteiger partial charge in [-0.05, 0) is 24.0 Å². The fraction of sp³-hybridized carbons (Fsp3) is 0.533. The Kier molecular flexibility index (Phi) is 4.37. The van der Waals surface area contributed by atoms with Crippen molar-refractivity contribution in [3.8, 4) is 0 Å². The molecule has 1 fully saturated rings. The van der Waals surface area contributed by atoms with E-state index in [2.05, 4.69) is 24.1 Å². The maximum absolute atomic E-state index is 12.0. The largest absolute Gasteiger partial charge is 0.352 e. The highest BCUT2D eigenvalue weighted by atomic mass is 16.2. The molecule has 1 aliphatic rings. The molecule has 2 heterocycles. The summed E-state index contributed by atoms with van der Waals surface area (Å²) in [4.78, 5) is 29.6. The Morgan fingerprint density at radius 1 is 1.35 bits per heavy atom. The first-order valence-electron chi connectivity index (χ1n) is 6.94. The van der Waals surface area contributed by atoms with Crippen LogP contribution in [-0.4, -0.2) is 41.3 Å². The van der Waals surface area contributed by atoms with Crippen molar-refractivity contribution >= 4 is 11.8 Å². The predicted octanol–water partition coefficient (Wildman–Crippen LogP) is 1.46. The van der Waals surface area contributed by atoms with Crippen molar-refractivity contribution in [3.05, 3.63) is 30.1 Å². The molecule has 1 N–H and O–H groups in total. The summed E-state index contributed by atoms with van der Waals surface area (Å²) in [5.74, 6) is -0.0486. The summed E-state index contributed by atoms with van der Waals surface area (Å²) in [5, 5.41) is 2.76. The average molecular weight is 275 g/mol. The zero-order valence-electron chi connectivity index (χ0n) is 12.1. The summed E-state index contributed by atoms with van der Waals surface area (Å²) in [5.41, 5.74) is 0.783. The second kappa shape index (κ2) is 6.03. The molecule has 1 saturated heterocycles. The fourth-order valence-electron chi connectivity index (χ4n) is 2.37. The minimum absolute atomic E-state index is 0.116. The van der Waals surface area contributed by atoms with E-state index in [9.17, 15) is 9.59 Å². The van der Waals surface area contributed by atoms with E-state index in [1.165, 1.54) is 0 Å². The van der Waals surface area contributed by atoms with Crippen molar-refractivity contribution in [3.63, 3.8) is 0 Å². The van der Waals surface area contributed by atoms with E-state index in [0.717, 1.165) is 19.5 Å². The molecule has 20 heavy (non-hydrogen) atoms. The van der Waals surface area contributed by atoms with Crippen LogP contribution in [0.3, 0.4) is 0 Å². The van der Waals surface area contributed by atoms with E-state index in [0.29, 0.717) is 18.5 Å². The maximum atomic E-state index is 12.0. The standard InChI is InChI=1S/C15H21N3O2/c1-15(2)6-10-18(11-15)13(19)5-9-17-14(20)12-3-7-16-8-4-12/h3-4,7-8H,5-6,9-11H2,1-2H3,(H,17,20). The molecule has 0 aromatic carbocycles. The summed E-state index contributed by atoms with van der Waals surface area (Å²) in [6, 6.07) is 3.31. The second-order valence-corrected chi connectivity index (χ2v) is 5.97. The first-order chi connectivity index (χ1) is 9.48. The lowest BCUT2D eigenvalue weighted by molar-refractivity contribution is -0.130. The molecule has 0 atom stereocenters. The van der Waals surface area contributed by atoms with Gasteiger partial charge in [0.1, 0.15) is 0 Å². The van der Waals surface area contributed by atoms with Crippen molar-refractivity contribution in [2.75, 3.05) is 19.6 Å². The van der Waals surface area contributed by atoms with Crippen LogP contribution in [0.1, 0.15) is 37.0 Å². The maximum Gasteiger partial charge on any atom is 0.251 e. The summed E-state index contributed by atoms with van der Waals surface area (Å²) in [6.45, 7) is 6.35. The number of pyridine rings is 1. The highest BCUT2D eigenvalue weighted by molar-refractivity contribution is 5.94. The predicted molar refractivity (Wildman–Crippen MR) is 76.2 cm³/mol. The molecule has 0 aliphatic carbocycles. The van der Waals surface area contributed by atoms with Crippen LogP contribution in [-0.2, 0) is 4.79 Å². The lowest BCUT2D eigenvalue weighted by Crippen LogP contribution is -2.34. The number of carbonyl (C=O) groups is 2. The van der Waals surface area contributed by atoms with Crippen molar-refractivity contribution in [1.82, 2.24) is 15.2 Å². The van der Waals surface area contributed by atoms with Crippen LogP contribution in [0.4, 0.5) is 0 Å². The minimum atomic E-state index is -0.165. The molecule has 5 heteroatoms. The molecule has 1 aliphatic heterocycles. The normalized spacial score (nSPS) is 17.0. The Hall–Kier alpha value is -1.91. The monoisotopic (exact) mass is 275 g/mol. The smallest absolute Gasteiger partial charge is 0.251 e. The van der Waals surface area contributed by atoms with E-state index < -0.39 is 0 Å². The van der Waals surface area contributed by atoms with Crippen molar-refractivity contribution in [1.29, 1.82) is 0 Å². The number of nitrogens with one attached hydrogen (secondary N) is 1. The van der Waals surface area contributed by atoms with Crippen LogP contribution in [0.25, 0.3) is 0 Å². The highest BCUT2D eigenvalue weighted by Crippen LogP contribution is 2.28. The molecule has 0 bridgehead atoms. The van der Waals surface area contributed by atoms with Gasteiger partial charge in [0.15, 0.2) is 0 Å². The van der Waals surface area contributed by atoms with Crippen LogP contribution in [0.5, 0.6) is 0 Å². The van der Waals surface area contributed by atoms with Gasteiger partial charge in [0, 0.05) is 44.0 Å². The Labute approximate surface area is 119 Å². The molecular weight excluding hydrogens is 254 g/mol. The lowest BCUT2D eigenvalue weighted by atomic mass is 9.93. The number of hydrogen-bond donors (Lipinski definition) is 1. The number of likely N-dealkylation sites (tertiary alicyclic amines) is 1. The minimum Gasteiger partial charge on any atom is -0.352 e. The van der Waals surface area contributed by atoms with Gasteiger partial charge in [0.25, 0.3) is 5.91 Å². The number of aromatic nitrogens is 1. The van der Waals surface area contributed by atoms with Gasteiger partial charge in [-0.3, -0.25) is 14.6 Å². The molecule has 0 unspecified atom stereocenters. The molecule has 0 radical (unpaired) electrons. The van der Waals surface area contributed by atoms with Crippen LogP contribution in [0.15, 0.2) is 24.5 Å². The van der Waals surface area contributed by atoms with Crippen molar-refractivity contribution in [2.24, 2.45) is 5.41 Å². The van der Waals surface area contributed by atoms with Crippen LogP contribution < -0.4 is 5.32 Å². The summed E-state index contributed by atoms with van der Waals surface area (Å²) in [7, 11) is 0. The van der Waals surface area contributed by atoms with E-state index >= 15 is 0 Å².